The van der Waals surface area contributed by atoms with Crippen LogP contribution in [0.1, 0.15) is 19.8 Å². The van der Waals surface area contributed by atoms with E-state index in [1.54, 1.807) is 0 Å². The molecule has 1 aromatic rings. The van der Waals surface area contributed by atoms with Crippen molar-refractivity contribution in [2.24, 2.45) is 0 Å². The first-order valence-electron chi connectivity index (χ1n) is 5.72. The predicted molar refractivity (Wildman–Crippen MR) is 66.8 cm³/mol. The van der Waals surface area contributed by atoms with Crippen molar-refractivity contribution in [1.29, 1.82) is 0 Å². The first-order chi connectivity index (χ1) is 8.18. The van der Waals surface area contributed by atoms with Gasteiger partial charge in [0.2, 0.25) is 0 Å². The Hall–Kier alpha value is -0.840. The van der Waals surface area contributed by atoms with Crippen LogP contribution in [0, 0.1) is 0 Å². The van der Waals surface area contributed by atoms with Gasteiger partial charge in [-0.25, -0.2) is 0 Å². The van der Waals surface area contributed by atoms with Crippen LogP contribution < -0.4 is 0 Å². The van der Waals surface area contributed by atoms with Gasteiger partial charge in [-0.3, -0.25) is 4.79 Å². The molecular weight excluding hydrogens is 236 g/mol. The molecule has 0 radical (unpaired) electrons. The van der Waals surface area contributed by atoms with Gasteiger partial charge < -0.3 is 9.47 Å². The molecule has 1 aliphatic rings. The van der Waals surface area contributed by atoms with Gasteiger partial charge in [-0.2, -0.15) is 0 Å². The molecule has 17 heavy (non-hydrogen) atoms. The van der Waals surface area contributed by atoms with E-state index >= 15 is 0 Å². The first kappa shape index (κ1) is 12.6. The van der Waals surface area contributed by atoms with Crippen LogP contribution in [0.15, 0.2) is 35.2 Å². The molecule has 92 valence electrons. The van der Waals surface area contributed by atoms with Crippen LogP contribution in [0.4, 0.5) is 0 Å². The lowest BCUT2D eigenvalue weighted by atomic mass is 10.2. The van der Waals surface area contributed by atoms with Gasteiger partial charge in [0, 0.05) is 17.7 Å². The Morgan fingerprint density at radius 2 is 1.94 bits per heavy atom. The van der Waals surface area contributed by atoms with Crippen LogP contribution in [0.3, 0.4) is 0 Å². The van der Waals surface area contributed by atoms with Gasteiger partial charge in [0.1, 0.15) is 0 Å². The molecule has 1 heterocycles. The molecular formula is C13H16O3S. The van der Waals surface area contributed by atoms with Gasteiger partial charge in [0.05, 0.1) is 13.2 Å². The number of hydrogen-bond donors (Lipinski definition) is 0. The molecule has 0 amide bonds. The van der Waals surface area contributed by atoms with Crippen molar-refractivity contribution in [1.82, 2.24) is 0 Å². The van der Waals surface area contributed by atoms with Crippen molar-refractivity contribution in [2.45, 2.75) is 30.4 Å². The highest BCUT2D eigenvalue weighted by atomic mass is 32.2. The Labute approximate surface area is 105 Å². The Kier molecular flexibility index (Phi) is 4.20. The number of hydrogen-bond acceptors (Lipinski definition) is 4. The molecule has 0 aromatic heterocycles. The minimum atomic E-state index is -0.563. The summed E-state index contributed by atoms with van der Waals surface area (Å²) in [6.45, 7) is 3.13. The fourth-order valence-electron chi connectivity index (χ4n) is 1.70. The summed E-state index contributed by atoms with van der Waals surface area (Å²) in [5.74, 6) is -0.563. The molecule has 1 aliphatic heterocycles. The normalized spacial score (nSPS) is 18.2. The minimum absolute atomic E-state index is 0.150. The first-order valence-corrected chi connectivity index (χ1v) is 6.53. The summed E-state index contributed by atoms with van der Waals surface area (Å²) in [5.41, 5.74) is 0. The fraction of sp³-hybridized carbons (Fsp3) is 0.462. The zero-order valence-corrected chi connectivity index (χ0v) is 10.7. The van der Waals surface area contributed by atoms with E-state index in [-0.39, 0.29) is 5.12 Å². The summed E-state index contributed by atoms with van der Waals surface area (Å²) in [4.78, 5) is 12.7. The van der Waals surface area contributed by atoms with Crippen LogP contribution in [-0.2, 0) is 14.3 Å². The third-order valence-corrected chi connectivity index (χ3v) is 3.60. The molecule has 0 unspecified atom stereocenters. The Morgan fingerprint density at radius 1 is 1.29 bits per heavy atom. The maximum Gasteiger partial charge on any atom is 0.193 e. The van der Waals surface area contributed by atoms with E-state index in [9.17, 15) is 4.79 Å². The molecule has 0 spiro atoms. The molecule has 0 saturated carbocycles. The maximum atomic E-state index is 11.8. The van der Waals surface area contributed by atoms with Crippen LogP contribution in [-0.4, -0.2) is 24.1 Å². The second-order valence-corrected chi connectivity index (χ2v) is 5.25. The highest BCUT2D eigenvalue weighted by Crippen LogP contribution is 2.27. The second-order valence-electron chi connectivity index (χ2n) is 4.12. The highest BCUT2D eigenvalue weighted by Gasteiger charge is 2.31. The van der Waals surface area contributed by atoms with Gasteiger partial charge in [0.15, 0.2) is 10.9 Å². The van der Waals surface area contributed by atoms with Crippen LogP contribution >= 0.6 is 11.8 Å². The molecule has 1 fully saturated rings. The number of carbonyl (C=O) groups excluding carboxylic acids is 1. The average molecular weight is 252 g/mol. The summed E-state index contributed by atoms with van der Waals surface area (Å²) < 4.78 is 10.9. The second kappa shape index (κ2) is 5.67. The van der Waals surface area contributed by atoms with Crippen LogP contribution in [0.2, 0.25) is 0 Å². The molecule has 1 aromatic carbocycles. The van der Waals surface area contributed by atoms with Gasteiger partial charge in [-0.15, -0.1) is 0 Å². The molecule has 2 rings (SSSR count). The number of carbonyl (C=O) groups is 1. The zero-order chi connectivity index (χ0) is 12.1. The van der Waals surface area contributed by atoms with Crippen molar-refractivity contribution < 1.29 is 14.3 Å². The van der Waals surface area contributed by atoms with E-state index in [4.69, 9.17) is 9.47 Å². The predicted octanol–water partition coefficient (Wildman–Crippen LogP) is 2.85. The van der Waals surface area contributed by atoms with Crippen molar-refractivity contribution in [3.05, 3.63) is 30.3 Å². The van der Waals surface area contributed by atoms with Gasteiger partial charge in [-0.1, -0.05) is 30.0 Å². The Morgan fingerprint density at radius 3 is 2.59 bits per heavy atom. The zero-order valence-electron chi connectivity index (χ0n) is 9.85. The Balaban J connectivity index is 1.78. The topological polar surface area (TPSA) is 35.5 Å². The number of thioether (sulfide) groups is 1. The summed E-state index contributed by atoms with van der Waals surface area (Å²) in [6, 6.07) is 9.68. The smallest absolute Gasteiger partial charge is 0.193 e. The quantitative estimate of drug-likeness (QED) is 0.772. The van der Waals surface area contributed by atoms with Crippen LogP contribution in [0.5, 0.6) is 0 Å². The third-order valence-electron chi connectivity index (χ3n) is 2.66. The van der Waals surface area contributed by atoms with Crippen molar-refractivity contribution in [3.8, 4) is 0 Å². The van der Waals surface area contributed by atoms with Crippen LogP contribution in [0.25, 0.3) is 0 Å². The molecule has 0 N–H and O–H groups in total. The molecule has 3 nitrogen and oxygen atoms in total. The van der Waals surface area contributed by atoms with Crippen molar-refractivity contribution >= 4 is 16.9 Å². The maximum absolute atomic E-state index is 11.8. The van der Waals surface area contributed by atoms with E-state index in [2.05, 4.69) is 0 Å². The van der Waals surface area contributed by atoms with Crippen molar-refractivity contribution in [3.63, 3.8) is 0 Å². The Bertz CT molecular complexity index is 372. The highest BCUT2D eigenvalue weighted by molar-refractivity contribution is 8.13. The third kappa shape index (κ3) is 3.84. The summed E-state index contributed by atoms with van der Waals surface area (Å²) in [6.07, 6.45) is 1.09. The van der Waals surface area contributed by atoms with Gasteiger partial charge in [0.25, 0.3) is 0 Å². The van der Waals surface area contributed by atoms with E-state index in [1.165, 1.54) is 11.8 Å². The average Bonchev–Trinajstić information content (AvgIpc) is 2.76. The molecule has 4 heteroatoms. The lowest BCUT2D eigenvalue weighted by Gasteiger charge is -2.21. The van der Waals surface area contributed by atoms with Gasteiger partial charge in [-0.05, 0) is 19.1 Å². The van der Waals surface area contributed by atoms with E-state index in [0.717, 1.165) is 4.90 Å². The largest absolute Gasteiger partial charge is 0.348 e. The lowest BCUT2D eigenvalue weighted by molar-refractivity contribution is -0.149. The number of ether oxygens (including phenoxy) is 2. The number of rotatable bonds is 4. The molecule has 1 saturated heterocycles. The summed E-state index contributed by atoms with van der Waals surface area (Å²) >= 11 is 1.28. The minimum Gasteiger partial charge on any atom is -0.348 e. The van der Waals surface area contributed by atoms with E-state index in [1.807, 2.05) is 37.3 Å². The molecule has 0 atom stereocenters. The van der Waals surface area contributed by atoms with E-state index in [0.29, 0.717) is 26.1 Å². The fourth-order valence-corrected chi connectivity index (χ4v) is 2.46. The van der Waals surface area contributed by atoms with Gasteiger partial charge >= 0.3 is 0 Å². The summed E-state index contributed by atoms with van der Waals surface area (Å²) in [7, 11) is 0. The standard InChI is InChI=1S/C13H16O3S/c1-13(15-9-10-16-13)8-7-12(14)17-11-5-3-2-4-6-11/h2-6H,7-10H2,1H3. The van der Waals surface area contributed by atoms with E-state index < -0.39 is 5.79 Å². The molecule has 0 bridgehead atoms. The number of benzene rings is 1. The molecule has 0 aliphatic carbocycles. The monoisotopic (exact) mass is 252 g/mol. The van der Waals surface area contributed by atoms with Crippen molar-refractivity contribution in [2.75, 3.05) is 13.2 Å². The SMILES string of the molecule is CC1(CCC(=O)Sc2ccccc2)OCCO1. The lowest BCUT2D eigenvalue weighted by Crippen LogP contribution is -2.25. The summed E-state index contributed by atoms with van der Waals surface area (Å²) in [5, 5.41) is 0.150.